The Morgan fingerprint density at radius 3 is 1.62 bits per heavy atom. The standard InChI is InChI=1S/C15H31NO6.C2H6/c1-3-6-19-8-10-21-12-13-22-11-9-20-7-5-16-15(17)14-18-4-2;1-2/h3-14H2,1-2H3,(H,16,17);1-2H3. The van der Waals surface area contributed by atoms with Crippen LogP contribution in [0.2, 0.25) is 0 Å². The van der Waals surface area contributed by atoms with E-state index in [0.29, 0.717) is 59.4 Å². The Morgan fingerprint density at radius 2 is 1.17 bits per heavy atom. The number of hydrogen-bond donors (Lipinski definition) is 1. The van der Waals surface area contributed by atoms with Gasteiger partial charge in [0.2, 0.25) is 5.91 Å². The number of amides is 1. The van der Waals surface area contributed by atoms with E-state index in [9.17, 15) is 4.79 Å². The first-order valence-corrected chi connectivity index (χ1v) is 8.96. The topological polar surface area (TPSA) is 75.3 Å². The van der Waals surface area contributed by atoms with E-state index < -0.39 is 0 Å². The summed E-state index contributed by atoms with van der Waals surface area (Å²) in [5.41, 5.74) is 0. The third kappa shape index (κ3) is 23.5. The van der Waals surface area contributed by atoms with Crippen LogP contribution >= 0.6 is 0 Å². The number of carbonyl (C=O) groups excluding carboxylic acids is 1. The van der Waals surface area contributed by atoms with Crippen LogP contribution < -0.4 is 5.32 Å². The molecular weight excluding hydrogens is 314 g/mol. The molecule has 1 N–H and O–H groups in total. The van der Waals surface area contributed by atoms with Crippen molar-refractivity contribution in [3.05, 3.63) is 0 Å². The first kappa shape index (κ1) is 25.5. The summed E-state index contributed by atoms with van der Waals surface area (Å²) in [5, 5.41) is 2.70. The van der Waals surface area contributed by atoms with Gasteiger partial charge in [-0.25, -0.2) is 0 Å². The summed E-state index contributed by atoms with van der Waals surface area (Å²) in [6.07, 6.45) is 1.03. The SMILES string of the molecule is CC.CCCOCCOCCOCCOCCNC(=O)COCC. The molecule has 0 heterocycles. The summed E-state index contributed by atoms with van der Waals surface area (Å²) < 4.78 is 26.2. The molecule has 1 amide bonds. The Labute approximate surface area is 147 Å². The zero-order chi connectivity index (χ0) is 18.3. The van der Waals surface area contributed by atoms with Crippen LogP contribution in [-0.4, -0.2) is 78.5 Å². The van der Waals surface area contributed by atoms with E-state index in [1.807, 2.05) is 20.8 Å². The van der Waals surface area contributed by atoms with Gasteiger partial charge >= 0.3 is 0 Å². The van der Waals surface area contributed by atoms with Gasteiger partial charge in [-0.3, -0.25) is 4.79 Å². The quantitative estimate of drug-likeness (QED) is 0.402. The Morgan fingerprint density at radius 1 is 0.708 bits per heavy atom. The van der Waals surface area contributed by atoms with Crippen LogP contribution in [0.3, 0.4) is 0 Å². The van der Waals surface area contributed by atoms with Crippen LogP contribution in [0.4, 0.5) is 0 Å². The van der Waals surface area contributed by atoms with Crippen molar-refractivity contribution in [2.24, 2.45) is 0 Å². The van der Waals surface area contributed by atoms with Gasteiger partial charge in [0.15, 0.2) is 0 Å². The molecule has 0 atom stereocenters. The Balaban J connectivity index is 0. The van der Waals surface area contributed by atoms with Crippen molar-refractivity contribution in [1.29, 1.82) is 0 Å². The minimum absolute atomic E-state index is 0.100. The second kappa shape index (κ2) is 24.5. The van der Waals surface area contributed by atoms with Crippen molar-refractivity contribution in [3.8, 4) is 0 Å². The predicted molar refractivity (Wildman–Crippen MR) is 94.4 cm³/mol. The van der Waals surface area contributed by atoms with Crippen molar-refractivity contribution < 1.29 is 28.5 Å². The molecule has 0 saturated carbocycles. The van der Waals surface area contributed by atoms with Crippen molar-refractivity contribution in [2.75, 3.05) is 72.6 Å². The molecular formula is C17H37NO6. The highest BCUT2D eigenvalue weighted by atomic mass is 16.6. The highest BCUT2D eigenvalue weighted by Gasteiger charge is 1.99. The van der Waals surface area contributed by atoms with Gasteiger partial charge in [-0.1, -0.05) is 20.8 Å². The summed E-state index contributed by atoms with van der Waals surface area (Å²) in [5.74, 6) is -0.123. The third-order valence-corrected chi connectivity index (χ3v) is 2.47. The number of nitrogens with one attached hydrogen (secondary N) is 1. The molecule has 7 nitrogen and oxygen atoms in total. The largest absolute Gasteiger partial charge is 0.379 e. The van der Waals surface area contributed by atoms with Crippen LogP contribution in [0, 0.1) is 0 Å². The second-order valence-electron chi connectivity index (χ2n) is 4.44. The third-order valence-electron chi connectivity index (χ3n) is 2.47. The lowest BCUT2D eigenvalue weighted by atomic mass is 10.5. The highest BCUT2D eigenvalue weighted by Crippen LogP contribution is 1.84. The molecule has 0 bridgehead atoms. The summed E-state index contributed by atoms with van der Waals surface area (Å²) in [7, 11) is 0. The van der Waals surface area contributed by atoms with Gasteiger partial charge in [-0.15, -0.1) is 0 Å². The number of hydrogen-bond acceptors (Lipinski definition) is 6. The van der Waals surface area contributed by atoms with Gasteiger partial charge in [-0.05, 0) is 13.3 Å². The monoisotopic (exact) mass is 351 g/mol. The Hall–Kier alpha value is -0.730. The van der Waals surface area contributed by atoms with Crippen LogP contribution in [0.15, 0.2) is 0 Å². The smallest absolute Gasteiger partial charge is 0.246 e. The zero-order valence-corrected chi connectivity index (χ0v) is 15.9. The van der Waals surface area contributed by atoms with Crippen molar-refractivity contribution in [3.63, 3.8) is 0 Å². The number of ether oxygens (including phenoxy) is 5. The van der Waals surface area contributed by atoms with Gasteiger partial charge in [0.05, 0.1) is 46.2 Å². The molecule has 0 aromatic heterocycles. The van der Waals surface area contributed by atoms with E-state index in [-0.39, 0.29) is 12.5 Å². The summed E-state index contributed by atoms with van der Waals surface area (Å²) >= 11 is 0. The molecule has 7 heteroatoms. The minimum Gasteiger partial charge on any atom is -0.379 e. The average Bonchev–Trinajstić information content (AvgIpc) is 2.62. The van der Waals surface area contributed by atoms with Crippen LogP contribution in [0.1, 0.15) is 34.1 Å². The second-order valence-corrected chi connectivity index (χ2v) is 4.44. The van der Waals surface area contributed by atoms with E-state index in [1.54, 1.807) is 0 Å². The van der Waals surface area contributed by atoms with E-state index in [0.717, 1.165) is 13.0 Å². The van der Waals surface area contributed by atoms with Gasteiger partial charge < -0.3 is 29.0 Å². The molecule has 0 aromatic rings. The highest BCUT2D eigenvalue weighted by molar-refractivity contribution is 5.77. The van der Waals surface area contributed by atoms with Crippen molar-refractivity contribution >= 4 is 5.91 Å². The summed E-state index contributed by atoms with van der Waals surface area (Å²) in [6.45, 7) is 13.6. The molecule has 146 valence electrons. The first-order chi connectivity index (χ1) is 11.8. The molecule has 0 aliphatic rings. The van der Waals surface area contributed by atoms with E-state index in [1.165, 1.54) is 0 Å². The minimum atomic E-state index is -0.123. The average molecular weight is 351 g/mol. The maximum Gasteiger partial charge on any atom is 0.246 e. The molecule has 0 aliphatic heterocycles. The molecule has 0 radical (unpaired) electrons. The van der Waals surface area contributed by atoms with Crippen LogP contribution in [0.25, 0.3) is 0 Å². The predicted octanol–water partition coefficient (Wildman–Crippen LogP) is 1.64. The summed E-state index contributed by atoms with van der Waals surface area (Å²) in [4.78, 5) is 11.2. The van der Waals surface area contributed by atoms with Gasteiger partial charge in [0, 0.05) is 19.8 Å². The first-order valence-electron chi connectivity index (χ1n) is 8.96. The van der Waals surface area contributed by atoms with Gasteiger partial charge in [0.25, 0.3) is 0 Å². The molecule has 0 saturated heterocycles. The number of carbonyl (C=O) groups is 1. The lowest BCUT2D eigenvalue weighted by Gasteiger charge is -2.08. The normalized spacial score (nSPS) is 10.2. The summed E-state index contributed by atoms with van der Waals surface area (Å²) in [6, 6.07) is 0. The lowest BCUT2D eigenvalue weighted by Crippen LogP contribution is -2.30. The maximum atomic E-state index is 11.2. The maximum absolute atomic E-state index is 11.2. The molecule has 0 unspecified atom stereocenters. The van der Waals surface area contributed by atoms with E-state index in [2.05, 4.69) is 12.2 Å². The van der Waals surface area contributed by atoms with Gasteiger partial charge in [-0.2, -0.15) is 0 Å². The van der Waals surface area contributed by atoms with E-state index in [4.69, 9.17) is 23.7 Å². The molecule has 24 heavy (non-hydrogen) atoms. The number of rotatable bonds is 17. The fraction of sp³-hybridized carbons (Fsp3) is 0.941. The Kier molecular flexibility index (Phi) is 26.1. The molecule has 0 spiro atoms. The van der Waals surface area contributed by atoms with Crippen LogP contribution in [0.5, 0.6) is 0 Å². The lowest BCUT2D eigenvalue weighted by molar-refractivity contribution is -0.125. The molecule has 0 fully saturated rings. The van der Waals surface area contributed by atoms with E-state index >= 15 is 0 Å². The van der Waals surface area contributed by atoms with Crippen molar-refractivity contribution in [1.82, 2.24) is 5.32 Å². The van der Waals surface area contributed by atoms with Crippen molar-refractivity contribution in [2.45, 2.75) is 34.1 Å². The fourth-order valence-corrected chi connectivity index (χ4v) is 1.41. The van der Waals surface area contributed by atoms with Gasteiger partial charge in [0.1, 0.15) is 6.61 Å². The fourth-order valence-electron chi connectivity index (χ4n) is 1.41. The Bertz CT molecular complexity index is 241. The molecule has 0 rings (SSSR count). The zero-order valence-electron chi connectivity index (χ0n) is 15.9. The molecule has 0 aromatic carbocycles. The van der Waals surface area contributed by atoms with Crippen LogP contribution in [-0.2, 0) is 28.5 Å². The molecule has 0 aliphatic carbocycles.